The van der Waals surface area contributed by atoms with Gasteiger partial charge in [-0.25, -0.2) is 0 Å². The van der Waals surface area contributed by atoms with E-state index in [0.29, 0.717) is 5.69 Å². The van der Waals surface area contributed by atoms with E-state index >= 15 is 0 Å². The lowest BCUT2D eigenvalue weighted by Crippen LogP contribution is -2.43. The third-order valence-corrected chi connectivity index (χ3v) is 3.92. The molecule has 0 unspecified atom stereocenters. The van der Waals surface area contributed by atoms with Crippen LogP contribution >= 0.6 is 0 Å². The van der Waals surface area contributed by atoms with Crippen molar-refractivity contribution in [2.75, 3.05) is 19.8 Å². The van der Waals surface area contributed by atoms with Crippen molar-refractivity contribution in [3.8, 4) is 0 Å². The summed E-state index contributed by atoms with van der Waals surface area (Å²) >= 11 is 0. The second kappa shape index (κ2) is 6.66. The lowest BCUT2D eigenvalue weighted by molar-refractivity contribution is 0.0512. The lowest BCUT2D eigenvalue weighted by Gasteiger charge is -2.42. The van der Waals surface area contributed by atoms with Crippen LogP contribution in [0.5, 0.6) is 0 Å². The highest BCUT2D eigenvalue weighted by atomic mass is 16.5. The molecule has 1 N–H and O–H groups in total. The Morgan fingerprint density at radius 2 is 2.32 bits per heavy atom. The van der Waals surface area contributed by atoms with E-state index in [2.05, 4.69) is 10.3 Å². The Bertz CT molecular complexity index is 402. The number of nitrogens with one attached hydrogen (secondary N) is 1. The van der Waals surface area contributed by atoms with Crippen LogP contribution in [0.4, 0.5) is 0 Å². The highest BCUT2D eigenvalue weighted by Gasteiger charge is 2.36. The molecule has 104 valence electrons. The number of carbonyl (C=O) groups is 1. The number of pyridine rings is 1. The van der Waals surface area contributed by atoms with E-state index in [9.17, 15) is 4.79 Å². The summed E-state index contributed by atoms with van der Waals surface area (Å²) in [5.74, 6) is -0.0803. The van der Waals surface area contributed by atoms with Gasteiger partial charge in [0, 0.05) is 26.0 Å². The molecule has 4 nitrogen and oxygen atoms in total. The van der Waals surface area contributed by atoms with E-state index in [-0.39, 0.29) is 11.3 Å². The van der Waals surface area contributed by atoms with E-state index in [1.54, 1.807) is 12.3 Å². The van der Waals surface area contributed by atoms with Crippen LogP contribution < -0.4 is 5.32 Å². The fourth-order valence-electron chi connectivity index (χ4n) is 2.48. The number of nitrogens with zero attached hydrogens (tertiary/aromatic N) is 1. The summed E-state index contributed by atoms with van der Waals surface area (Å²) in [5, 5.41) is 3.01. The van der Waals surface area contributed by atoms with Crippen LogP contribution in [0.15, 0.2) is 24.4 Å². The van der Waals surface area contributed by atoms with E-state index in [1.165, 1.54) is 19.3 Å². The molecule has 1 aliphatic carbocycles. The molecule has 1 amide bonds. The minimum atomic E-state index is -0.0803. The summed E-state index contributed by atoms with van der Waals surface area (Å²) in [6, 6.07) is 5.38. The molecular formula is C15H22N2O2. The van der Waals surface area contributed by atoms with Gasteiger partial charge < -0.3 is 10.1 Å². The first-order chi connectivity index (χ1) is 9.26. The van der Waals surface area contributed by atoms with Crippen molar-refractivity contribution in [3.05, 3.63) is 30.1 Å². The van der Waals surface area contributed by atoms with Crippen LogP contribution in [0.2, 0.25) is 0 Å². The predicted molar refractivity (Wildman–Crippen MR) is 74.0 cm³/mol. The quantitative estimate of drug-likeness (QED) is 0.768. The third-order valence-electron chi connectivity index (χ3n) is 3.92. The zero-order chi connectivity index (χ0) is 13.6. The van der Waals surface area contributed by atoms with Gasteiger partial charge in [0.15, 0.2) is 0 Å². The largest absolute Gasteiger partial charge is 0.382 e. The van der Waals surface area contributed by atoms with Crippen molar-refractivity contribution in [2.45, 2.75) is 32.6 Å². The summed E-state index contributed by atoms with van der Waals surface area (Å²) in [6.45, 7) is 4.29. The second-order valence-electron chi connectivity index (χ2n) is 5.20. The molecule has 1 saturated carbocycles. The number of amides is 1. The fourth-order valence-corrected chi connectivity index (χ4v) is 2.48. The van der Waals surface area contributed by atoms with Gasteiger partial charge in [0.2, 0.25) is 0 Å². The van der Waals surface area contributed by atoms with Gasteiger partial charge in [0.05, 0.1) is 0 Å². The first-order valence-electron chi connectivity index (χ1n) is 7.03. The minimum Gasteiger partial charge on any atom is -0.382 e. The first-order valence-corrected chi connectivity index (χ1v) is 7.03. The van der Waals surface area contributed by atoms with E-state index in [4.69, 9.17) is 4.74 Å². The van der Waals surface area contributed by atoms with Gasteiger partial charge in [-0.15, -0.1) is 0 Å². The summed E-state index contributed by atoms with van der Waals surface area (Å²) in [5.41, 5.74) is 0.737. The number of ether oxygens (including phenoxy) is 1. The molecule has 4 heteroatoms. The molecule has 0 atom stereocenters. The SMILES string of the molecule is CCOCCC1(CNC(=O)c2ccccn2)CCC1. The maximum absolute atomic E-state index is 12.0. The van der Waals surface area contributed by atoms with Gasteiger partial charge in [-0.05, 0) is 43.7 Å². The molecule has 1 heterocycles. The molecule has 1 aromatic heterocycles. The molecule has 19 heavy (non-hydrogen) atoms. The standard InChI is InChI=1S/C15H22N2O2/c1-2-19-11-9-15(7-5-8-15)12-17-14(18)13-6-3-4-10-16-13/h3-4,6,10H,2,5,7-9,11-12H2,1H3,(H,17,18). The molecule has 0 radical (unpaired) electrons. The maximum atomic E-state index is 12.0. The second-order valence-corrected chi connectivity index (χ2v) is 5.20. The van der Waals surface area contributed by atoms with Gasteiger partial charge in [0.1, 0.15) is 5.69 Å². The van der Waals surface area contributed by atoms with Gasteiger partial charge >= 0.3 is 0 Å². The lowest BCUT2D eigenvalue weighted by atomic mass is 9.66. The number of hydrogen-bond donors (Lipinski definition) is 1. The van der Waals surface area contributed by atoms with Crippen LogP contribution in [0.1, 0.15) is 43.1 Å². The van der Waals surface area contributed by atoms with Crippen molar-refractivity contribution in [2.24, 2.45) is 5.41 Å². The zero-order valence-electron chi connectivity index (χ0n) is 11.5. The Morgan fingerprint density at radius 1 is 1.47 bits per heavy atom. The molecule has 0 aromatic carbocycles. The van der Waals surface area contributed by atoms with Crippen LogP contribution in [-0.4, -0.2) is 30.6 Å². The van der Waals surface area contributed by atoms with Crippen molar-refractivity contribution in [1.29, 1.82) is 0 Å². The smallest absolute Gasteiger partial charge is 0.269 e. The van der Waals surface area contributed by atoms with Crippen molar-refractivity contribution >= 4 is 5.91 Å². The third kappa shape index (κ3) is 3.77. The number of aromatic nitrogens is 1. The van der Waals surface area contributed by atoms with Crippen molar-refractivity contribution in [1.82, 2.24) is 10.3 Å². The molecule has 0 aliphatic heterocycles. The van der Waals surface area contributed by atoms with Gasteiger partial charge in [0.25, 0.3) is 5.91 Å². The van der Waals surface area contributed by atoms with Crippen molar-refractivity contribution < 1.29 is 9.53 Å². The summed E-state index contributed by atoms with van der Waals surface area (Å²) in [4.78, 5) is 16.0. The van der Waals surface area contributed by atoms with E-state index in [0.717, 1.165) is 26.2 Å². The Hall–Kier alpha value is -1.42. The molecule has 2 rings (SSSR count). The molecule has 0 bridgehead atoms. The summed E-state index contributed by atoms with van der Waals surface area (Å²) in [6.07, 6.45) is 6.29. The molecule has 1 aromatic rings. The van der Waals surface area contributed by atoms with Crippen LogP contribution in [0.25, 0.3) is 0 Å². The van der Waals surface area contributed by atoms with E-state index in [1.807, 2.05) is 19.1 Å². The Labute approximate surface area is 114 Å². The molecule has 1 aliphatic rings. The molecular weight excluding hydrogens is 240 g/mol. The number of carbonyl (C=O) groups excluding carboxylic acids is 1. The fraction of sp³-hybridized carbons (Fsp3) is 0.600. The maximum Gasteiger partial charge on any atom is 0.269 e. The van der Waals surface area contributed by atoms with Crippen LogP contribution in [-0.2, 0) is 4.74 Å². The molecule has 1 fully saturated rings. The van der Waals surface area contributed by atoms with E-state index < -0.39 is 0 Å². The minimum absolute atomic E-state index is 0.0803. The summed E-state index contributed by atoms with van der Waals surface area (Å²) < 4.78 is 5.43. The molecule has 0 spiro atoms. The zero-order valence-corrected chi connectivity index (χ0v) is 11.5. The highest BCUT2D eigenvalue weighted by molar-refractivity contribution is 5.92. The van der Waals surface area contributed by atoms with Gasteiger partial charge in [-0.2, -0.15) is 0 Å². The Kier molecular flexibility index (Phi) is 4.91. The number of rotatable bonds is 7. The predicted octanol–water partition coefficient (Wildman–Crippen LogP) is 2.41. The monoisotopic (exact) mass is 262 g/mol. The van der Waals surface area contributed by atoms with Crippen LogP contribution in [0, 0.1) is 5.41 Å². The topological polar surface area (TPSA) is 51.2 Å². The normalized spacial score (nSPS) is 16.7. The Balaban J connectivity index is 1.81. The average molecular weight is 262 g/mol. The van der Waals surface area contributed by atoms with Gasteiger partial charge in [-0.3, -0.25) is 9.78 Å². The average Bonchev–Trinajstić information content (AvgIpc) is 2.41. The van der Waals surface area contributed by atoms with Crippen molar-refractivity contribution in [3.63, 3.8) is 0 Å². The number of hydrogen-bond acceptors (Lipinski definition) is 3. The van der Waals surface area contributed by atoms with Crippen LogP contribution in [0.3, 0.4) is 0 Å². The molecule has 0 saturated heterocycles. The summed E-state index contributed by atoms with van der Waals surface area (Å²) in [7, 11) is 0. The highest BCUT2D eigenvalue weighted by Crippen LogP contribution is 2.43. The van der Waals surface area contributed by atoms with Gasteiger partial charge in [-0.1, -0.05) is 12.5 Å². The first kappa shape index (κ1) is 14.0. The Morgan fingerprint density at radius 3 is 2.89 bits per heavy atom.